The summed E-state index contributed by atoms with van der Waals surface area (Å²) in [6.07, 6.45) is 3.68. The van der Waals surface area contributed by atoms with Gasteiger partial charge in [-0.25, -0.2) is 4.68 Å². The van der Waals surface area contributed by atoms with Gasteiger partial charge in [0.2, 0.25) is 0 Å². The zero-order valence-electron chi connectivity index (χ0n) is 15.7. The summed E-state index contributed by atoms with van der Waals surface area (Å²) < 4.78 is 1.83. The summed E-state index contributed by atoms with van der Waals surface area (Å²) in [5.41, 5.74) is 5.68. The summed E-state index contributed by atoms with van der Waals surface area (Å²) in [4.78, 5) is 15.3. The smallest absolute Gasteiger partial charge is 0.251 e. The van der Waals surface area contributed by atoms with E-state index in [9.17, 15) is 4.79 Å². The highest BCUT2D eigenvalue weighted by Gasteiger charge is 2.08. The van der Waals surface area contributed by atoms with Crippen LogP contribution >= 0.6 is 0 Å². The van der Waals surface area contributed by atoms with Crippen LogP contribution in [0.25, 0.3) is 16.9 Å². The van der Waals surface area contributed by atoms with Gasteiger partial charge < -0.3 is 15.6 Å². The molecule has 0 saturated carbocycles. The molecule has 6 nitrogen and oxygen atoms in total. The second-order valence-corrected chi connectivity index (χ2v) is 6.52. The van der Waals surface area contributed by atoms with Crippen molar-refractivity contribution in [3.05, 3.63) is 84.2 Å². The molecule has 140 valence electrons. The molecule has 2 aromatic carbocycles. The summed E-state index contributed by atoms with van der Waals surface area (Å²) in [5, 5.41) is 10.3. The second kappa shape index (κ2) is 7.44. The third kappa shape index (κ3) is 3.53. The Kier molecular flexibility index (Phi) is 4.68. The monoisotopic (exact) mass is 371 g/mol. The van der Waals surface area contributed by atoms with E-state index in [1.807, 2.05) is 66.3 Å². The van der Waals surface area contributed by atoms with Crippen LogP contribution in [0.4, 0.5) is 11.5 Å². The molecule has 6 heteroatoms. The van der Waals surface area contributed by atoms with E-state index >= 15 is 0 Å². The lowest BCUT2D eigenvalue weighted by molar-refractivity contribution is 0.0963. The fraction of sp³-hybridized carbons (Fsp3) is 0.0909. The number of benzene rings is 2. The minimum absolute atomic E-state index is 0.104. The second-order valence-electron chi connectivity index (χ2n) is 6.52. The van der Waals surface area contributed by atoms with Crippen molar-refractivity contribution in [3.63, 3.8) is 0 Å². The van der Waals surface area contributed by atoms with E-state index in [2.05, 4.69) is 32.8 Å². The van der Waals surface area contributed by atoms with Crippen molar-refractivity contribution >= 4 is 17.4 Å². The van der Waals surface area contributed by atoms with Gasteiger partial charge >= 0.3 is 0 Å². The van der Waals surface area contributed by atoms with Gasteiger partial charge in [0, 0.05) is 36.4 Å². The Hall–Kier alpha value is -3.80. The highest BCUT2D eigenvalue weighted by atomic mass is 16.1. The van der Waals surface area contributed by atoms with E-state index in [0.717, 1.165) is 34.0 Å². The molecule has 3 N–H and O–H groups in total. The van der Waals surface area contributed by atoms with Gasteiger partial charge in [0.25, 0.3) is 5.91 Å². The molecular weight excluding hydrogens is 350 g/mol. The Morgan fingerprint density at radius 2 is 1.89 bits per heavy atom. The number of carbonyl (C=O) groups is 1. The molecule has 0 fully saturated rings. The van der Waals surface area contributed by atoms with E-state index in [-0.39, 0.29) is 5.91 Å². The predicted molar refractivity (Wildman–Crippen MR) is 111 cm³/mol. The summed E-state index contributed by atoms with van der Waals surface area (Å²) in [7, 11) is 1.63. The van der Waals surface area contributed by atoms with E-state index in [4.69, 9.17) is 0 Å². The number of aromatic nitrogens is 3. The standard InChI is InChI=1S/C22H21N5O/c1-15-4-5-17(22(28)23-2)14-20(15)26-21-11-10-19(25-21)16-6-8-18(9-7-16)27-13-3-12-24-27/h3-14,25-26H,1-2H3,(H,23,28). The molecule has 0 aliphatic carbocycles. The van der Waals surface area contributed by atoms with Crippen LogP contribution in [-0.2, 0) is 0 Å². The molecule has 28 heavy (non-hydrogen) atoms. The minimum atomic E-state index is -0.104. The Labute approximate surface area is 163 Å². The van der Waals surface area contributed by atoms with Crippen LogP contribution in [0.3, 0.4) is 0 Å². The zero-order chi connectivity index (χ0) is 19.5. The largest absolute Gasteiger partial charge is 0.355 e. The normalized spacial score (nSPS) is 10.6. The molecule has 1 amide bonds. The van der Waals surface area contributed by atoms with Crippen molar-refractivity contribution in [1.29, 1.82) is 0 Å². The Morgan fingerprint density at radius 3 is 2.61 bits per heavy atom. The number of carbonyl (C=O) groups excluding carboxylic acids is 1. The van der Waals surface area contributed by atoms with Gasteiger partial charge in [0.15, 0.2) is 0 Å². The van der Waals surface area contributed by atoms with Crippen LogP contribution in [0.1, 0.15) is 15.9 Å². The van der Waals surface area contributed by atoms with Crippen LogP contribution in [0.5, 0.6) is 0 Å². The molecule has 0 aliphatic heterocycles. The summed E-state index contributed by atoms with van der Waals surface area (Å²) in [6, 6.07) is 19.7. The predicted octanol–water partition coefficient (Wildman–Crippen LogP) is 4.28. The maximum Gasteiger partial charge on any atom is 0.251 e. The van der Waals surface area contributed by atoms with Gasteiger partial charge in [-0.15, -0.1) is 0 Å². The van der Waals surface area contributed by atoms with Gasteiger partial charge in [0.1, 0.15) is 5.82 Å². The summed E-state index contributed by atoms with van der Waals surface area (Å²) in [6.45, 7) is 2.01. The van der Waals surface area contributed by atoms with Crippen molar-refractivity contribution in [2.75, 3.05) is 12.4 Å². The lowest BCUT2D eigenvalue weighted by Gasteiger charge is -2.10. The lowest BCUT2D eigenvalue weighted by atomic mass is 10.1. The maximum atomic E-state index is 11.9. The highest BCUT2D eigenvalue weighted by molar-refractivity contribution is 5.95. The molecule has 0 bridgehead atoms. The number of hydrogen-bond donors (Lipinski definition) is 3. The maximum absolute atomic E-state index is 11.9. The molecule has 0 atom stereocenters. The number of nitrogens with one attached hydrogen (secondary N) is 3. The lowest BCUT2D eigenvalue weighted by Crippen LogP contribution is -2.17. The van der Waals surface area contributed by atoms with E-state index in [1.165, 1.54) is 0 Å². The van der Waals surface area contributed by atoms with Crippen molar-refractivity contribution in [3.8, 4) is 16.9 Å². The molecule has 4 aromatic rings. The average Bonchev–Trinajstić information content (AvgIpc) is 3.41. The summed E-state index contributed by atoms with van der Waals surface area (Å²) in [5.74, 6) is 0.760. The highest BCUT2D eigenvalue weighted by Crippen LogP contribution is 2.26. The van der Waals surface area contributed by atoms with Crippen LogP contribution in [-0.4, -0.2) is 27.7 Å². The molecule has 0 radical (unpaired) electrons. The van der Waals surface area contributed by atoms with Gasteiger partial charge in [-0.1, -0.05) is 18.2 Å². The molecule has 2 aromatic heterocycles. The summed E-state index contributed by atoms with van der Waals surface area (Å²) >= 11 is 0. The third-order valence-corrected chi connectivity index (χ3v) is 4.63. The zero-order valence-corrected chi connectivity index (χ0v) is 15.7. The van der Waals surface area contributed by atoms with Crippen LogP contribution in [0, 0.1) is 6.92 Å². The average molecular weight is 371 g/mol. The Balaban J connectivity index is 1.54. The van der Waals surface area contributed by atoms with Crippen molar-refractivity contribution in [2.45, 2.75) is 6.92 Å². The number of anilines is 2. The van der Waals surface area contributed by atoms with Crippen LogP contribution < -0.4 is 10.6 Å². The fourth-order valence-electron chi connectivity index (χ4n) is 3.04. The van der Waals surface area contributed by atoms with Crippen LogP contribution in [0.2, 0.25) is 0 Å². The minimum Gasteiger partial charge on any atom is -0.355 e. The van der Waals surface area contributed by atoms with Crippen molar-refractivity contribution in [1.82, 2.24) is 20.1 Å². The van der Waals surface area contributed by atoms with Crippen molar-refractivity contribution in [2.24, 2.45) is 0 Å². The molecule has 0 unspecified atom stereocenters. The van der Waals surface area contributed by atoms with Gasteiger partial charge in [-0.3, -0.25) is 4.79 Å². The molecular formula is C22H21N5O. The number of aromatic amines is 1. The number of H-pyrrole nitrogens is 1. The van der Waals surface area contributed by atoms with Crippen molar-refractivity contribution < 1.29 is 4.79 Å². The molecule has 0 saturated heterocycles. The Morgan fingerprint density at radius 1 is 1.07 bits per heavy atom. The SMILES string of the molecule is CNC(=O)c1ccc(C)c(Nc2ccc(-c3ccc(-n4cccn4)cc3)[nH]2)c1. The molecule has 0 aliphatic rings. The van der Waals surface area contributed by atoms with Crippen LogP contribution in [0.15, 0.2) is 73.1 Å². The first-order chi connectivity index (χ1) is 13.6. The number of nitrogens with zero attached hydrogens (tertiary/aromatic N) is 2. The van der Waals surface area contributed by atoms with E-state index in [1.54, 1.807) is 13.2 Å². The number of amides is 1. The third-order valence-electron chi connectivity index (χ3n) is 4.63. The first-order valence-electron chi connectivity index (χ1n) is 9.03. The van der Waals surface area contributed by atoms with E-state index < -0.39 is 0 Å². The van der Waals surface area contributed by atoms with E-state index in [0.29, 0.717) is 5.56 Å². The first-order valence-corrected chi connectivity index (χ1v) is 9.03. The number of aryl methyl sites for hydroxylation is 1. The van der Waals surface area contributed by atoms with Gasteiger partial charge in [0.05, 0.1) is 5.69 Å². The Bertz CT molecular complexity index is 1090. The quantitative estimate of drug-likeness (QED) is 0.490. The molecule has 0 spiro atoms. The van der Waals surface area contributed by atoms with Gasteiger partial charge in [-0.05, 0) is 60.5 Å². The topological polar surface area (TPSA) is 74.7 Å². The first kappa shape index (κ1) is 17.6. The number of rotatable bonds is 5. The molecule has 4 rings (SSSR count). The molecule has 2 heterocycles. The fourth-order valence-corrected chi connectivity index (χ4v) is 3.04. The number of hydrogen-bond acceptors (Lipinski definition) is 3. The van der Waals surface area contributed by atoms with Gasteiger partial charge in [-0.2, -0.15) is 5.10 Å².